The Morgan fingerprint density at radius 3 is 2.52 bits per heavy atom. The Labute approximate surface area is 124 Å². The van der Waals surface area contributed by atoms with Crippen molar-refractivity contribution in [3.63, 3.8) is 0 Å². The van der Waals surface area contributed by atoms with Crippen LogP contribution in [0, 0.1) is 13.8 Å². The molecule has 0 saturated carbocycles. The summed E-state index contributed by atoms with van der Waals surface area (Å²) < 4.78 is 1.80. The Kier molecular flexibility index (Phi) is 4.32. The molecule has 1 atom stereocenters. The number of carboxylic acid groups (broad SMARTS) is 1. The number of hydrogen-bond donors (Lipinski definition) is 1. The summed E-state index contributed by atoms with van der Waals surface area (Å²) in [6.45, 7) is 7.68. The molecule has 1 aromatic rings. The second-order valence-electron chi connectivity index (χ2n) is 5.45. The standard InChI is InChI=1S/C14H22N4O3/c1-5-18-10(3)12(9(2)15-18)13(19)17-7-6-16(4)11(8-17)14(20)21/h11H,5-8H2,1-4H3,(H,20,21)/t11-/m1/s1. The third-order valence-corrected chi connectivity index (χ3v) is 4.12. The molecule has 0 bridgehead atoms. The minimum atomic E-state index is -0.896. The summed E-state index contributed by atoms with van der Waals surface area (Å²) in [7, 11) is 1.77. The van der Waals surface area contributed by atoms with Crippen molar-refractivity contribution in [2.45, 2.75) is 33.4 Å². The van der Waals surface area contributed by atoms with Crippen molar-refractivity contribution >= 4 is 11.9 Å². The van der Waals surface area contributed by atoms with Gasteiger partial charge in [0.05, 0.1) is 11.3 Å². The monoisotopic (exact) mass is 294 g/mol. The molecule has 7 nitrogen and oxygen atoms in total. The van der Waals surface area contributed by atoms with Gasteiger partial charge >= 0.3 is 5.97 Å². The fraction of sp³-hybridized carbons (Fsp3) is 0.643. The van der Waals surface area contributed by atoms with E-state index in [1.165, 1.54) is 0 Å². The average molecular weight is 294 g/mol. The maximum Gasteiger partial charge on any atom is 0.322 e. The van der Waals surface area contributed by atoms with Gasteiger partial charge in [-0.2, -0.15) is 5.10 Å². The lowest BCUT2D eigenvalue weighted by Gasteiger charge is -2.37. The van der Waals surface area contributed by atoms with Crippen LogP contribution in [0.1, 0.15) is 28.7 Å². The van der Waals surface area contributed by atoms with Crippen LogP contribution in [0.3, 0.4) is 0 Å². The van der Waals surface area contributed by atoms with E-state index in [4.69, 9.17) is 0 Å². The summed E-state index contributed by atoms with van der Waals surface area (Å²) in [5.41, 5.74) is 2.14. The molecule has 0 radical (unpaired) electrons. The van der Waals surface area contributed by atoms with Crippen molar-refractivity contribution in [1.82, 2.24) is 19.6 Å². The highest BCUT2D eigenvalue weighted by atomic mass is 16.4. The Morgan fingerprint density at radius 1 is 1.33 bits per heavy atom. The van der Waals surface area contributed by atoms with Crippen molar-refractivity contribution in [2.24, 2.45) is 0 Å². The Hall–Kier alpha value is -1.89. The number of nitrogens with zero attached hydrogens (tertiary/aromatic N) is 4. The first-order valence-corrected chi connectivity index (χ1v) is 7.13. The molecule has 0 aliphatic carbocycles. The molecule has 116 valence electrons. The minimum Gasteiger partial charge on any atom is -0.480 e. The molecule has 0 aromatic carbocycles. The van der Waals surface area contributed by atoms with Gasteiger partial charge in [-0.3, -0.25) is 19.2 Å². The number of carbonyl (C=O) groups excluding carboxylic acids is 1. The molecule has 2 heterocycles. The lowest BCUT2D eigenvalue weighted by Crippen LogP contribution is -2.56. The Morgan fingerprint density at radius 2 is 2.00 bits per heavy atom. The maximum absolute atomic E-state index is 12.7. The number of likely N-dealkylation sites (N-methyl/N-ethyl adjacent to an activating group) is 1. The molecule has 21 heavy (non-hydrogen) atoms. The van der Waals surface area contributed by atoms with Crippen molar-refractivity contribution in [1.29, 1.82) is 0 Å². The first-order valence-electron chi connectivity index (χ1n) is 7.13. The fourth-order valence-corrected chi connectivity index (χ4v) is 2.80. The smallest absolute Gasteiger partial charge is 0.322 e. The Balaban J connectivity index is 2.24. The van der Waals surface area contributed by atoms with Crippen LogP contribution in [0.2, 0.25) is 0 Å². The van der Waals surface area contributed by atoms with Crippen LogP contribution in [0.15, 0.2) is 0 Å². The van der Waals surface area contributed by atoms with Gasteiger partial charge in [0, 0.05) is 31.9 Å². The summed E-state index contributed by atoms with van der Waals surface area (Å²) in [6, 6.07) is -0.649. The SMILES string of the molecule is CCn1nc(C)c(C(=O)N2CCN(C)[C@@H](C(=O)O)C2)c1C. The predicted octanol–water partition coefficient (Wildman–Crippen LogP) is 0.361. The molecule has 2 rings (SSSR count). The molecule has 1 aliphatic heterocycles. The molecular formula is C14H22N4O3. The first kappa shape index (κ1) is 15.5. The summed E-state index contributed by atoms with van der Waals surface area (Å²) in [5.74, 6) is -1.02. The van der Waals surface area contributed by atoms with Crippen LogP contribution >= 0.6 is 0 Å². The number of hydrogen-bond acceptors (Lipinski definition) is 4. The van der Waals surface area contributed by atoms with Crippen LogP contribution in [0.4, 0.5) is 0 Å². The molecule has 1 amide bonds. The van der Waals surface area contributed by atoms with Crippen LogP contribution in [-0.4, -0.2) is 69.3 Å². The second-order valence-corrected chi connectivity index (χ2v) is 5.45. The molecule has 1 aromatic heterocycles. The third-order valence-electron chi connectivity index (χ3n) is 4.12. The maximum atomic E-state index is 12.7. The van der Waals surface area contributed by atoms with Crippen molar-refractivity contribution < 1.29 is 14.7 Å². The number of carbonyl (C=O) groups is 2. The number of aliphatic carboxylic acids is 1. The van der Waals surface area contributed by atoms with E-state index in [1.807, 2.05) is 20.8 Å². The van der Waals surface area contributed by atoms with E-state index in [9.17, 15) is 14.7 Å². The topological polar surface area (TPSA) is 78.7 Å². The van der Waals surface area contributed by atoms with E-state index in [0.29, 0.717) is 30.9 Å². The highest BCUT2D eigenvalue weighted by molar-refractivity contribution is 5.96. The molecular weight excluding hydrogens is 272 g/mol. The van der Waals surface area contributed by atoms with Crippen molar-refractivity contribution in [3.8, 4) is 0 Å². The van der Waals surface area contributed by atoms with E-state index in [0.717, 1.165) is 5.69 Å². The van der Waals surface area contributed by atoms with Crippen LogP contribution in [-0.2, 0) is 11.3 Å². The molecule has 1 N–H and O–H groups in total. The quantitative estimate of drug-likeness (QED) is 0.871. The van der Waals surface area contributed by atoms with E-state index < -0.39 is 12.0 Å². The van der Waals surface area contributed by atoms with Gasteiger partial charge in [-0.1, -0.05) is 0 Å². The van der Waals surface area contributed by atoms with Gasteiger partial charge in [0.2, 0.25) is 0 Å². The first-order chi connectivity index (χ1) is 9.86. The zero-order valence-corrected chi connectivity index (χ0v) is 13.0. The van der Waals surface area contributed by atoms with Gasteiger partial charge in [-0.25, -0.2) is 0 Å². The number of rotatable bonds is 3. The number of aryl methyl sites for hydroxylation is 2. The van der Waals surface area contributed by atoms with Gasteiger partial charge in [-0.15, -0.1) is 0 Å². The highest BCUT2D eigenvalue weighted by Crippen LogP contribution is 2.18. The second kappa shape index (κ2) is 5.85. The predicted molar refractivity (Wildman–Crippen MR) is 77.3 cm³/mol. The van der Waals surface area contributed by atoms with Gasteiger partial charge < -0.3 is 10.0 Å². The number of carboxylic acids is 1. The molecule has 1 fully saturated rings. The molecule has 1 saturated heterocycles. The fourth-order valence-electron chi connectivity index (χ4n) is 2.80. The van der Waals surface area contributed by atoms with Crippen molar-refractivity contribution in [2.75, 3.05) is 26.7 Å². The van der Waals surface area contributed by atoms with E-state index >= 15 is 0 Å². The minimum absolute atomic E-state index is 0.121. The third kappa shape index (κ3) is 2.78. The summed E-state index contributed by atoms with van der Waals surface area (Å²) in [4.78, 5) is 27.4. The van der Waals surface area contributed by atoms with Crippen LogP contribution in [0.5, 0.6) is 0 Å². The van der Waals surface area contributed by atoms with Crippen LogP contribution in [0.25, 0.3) is 0 Å². The van der Waals surface area contributed by atoms with Gasteiger partial charge in [0.25, 0.3) is 5.91 Å². The zero-order chi connectivity index (χ0) is 15.7. The van der Waals surface area contributed by atoms with Gasteiger partial charge in [0.1, 0.15) is 6.04 Å². The van der Waals surface area contributed by atoms with Gasteiger partial charge in [-0.05, 0) is 27.8 Å². The summed E-state index contributed by atoms with van der Waals surface area (Å²) in [5, 5.41) is 13.6. The van der Waals surface area contributed by atoms with Crippen molar-refractivity contribution in [3.05, 3.63) is 17.0 Å². The Bertz CT molecular complexity index is 567. The normalized spacial score (nSPS) is 19.8. The average Bonchev–Trinajstić information content (AvgIpc) is 2.72. The largest absolute Gasteiger partial charge is 0.480 e. The number of aromatic nitrogens is 2. The van der Waals surface area contributed by atoms with E-state index in [1.54, 1.807) is 21.5 Å². The van der Waals surface area contributed by atoms with Gasteiger partial charge in [0.15, 0.2) is 0 Å². The summed E-state index contributed by atoms with van der Waals surface area (Å²) in [6.07, 6.45) is 0. The lowest BCUT2D eigenvalue weighted by atomic mass is 10.1. The lowest BCUT2D eigenvalue weighted by molar-refractivity contribution is -0.144. The van der Waals surface area contributed by atoms with E-state index in [-0.39, 0.29) is 12.5 Å². The number of piperazine rings is 1. The molecule has 0 spiro atoms. The zero-order valence-electron chi connectivity index (χ0n) is 13.0. The highest BCUT2D eigenvalue weighted by Gasteiger charge is 2.34. The molecule has 0 unspecified atom stereocenters. The molecule has 1 aliphatic rings. The van der Waals surface area contributed by atoms with Crippen LogP contribution < -0.4 is 0 Å². The molecule has 7 heteroatoms. The summed E-state index contributed by atoms with van der Waals surface area (Å²) >= 11 is 0. The number of amides is 1. The van der Waals surface area contributed by atoms with E-state index in [2.05, 4.69) is 5.10 Å².